The zero-order chi connectivity index (χ0) is 9.90. The van der Waals surface area contributed by atoms with Gasteiger partial charge in [0, 0.05) is 18.0 Å². The Kier molecular flexibility index (Phi) is 3.31. The number of rotatable bonds is 5. The van der Waals surface area contributed by atoms with Crippen molar-refractivity contribution >= 4 is 5.91 Å². The van der Waals surface area contributed by atoms with Gasteiger partial charge in [-0.05, 0) is 39.5 Å². The number of hydrogen-bond donors (Lipinski definition) is 2. The molecule has 1 saturated carbocycles. The Labute approximate surface area is 80.1 Å². The Morgan fingerprint density at radius 3 is 2.69 bits per heavy atom. The summed E-state index contributed by atoms with van der Waals surface area (Å²) in [6, 6.07) is 0.212. The smallest absolute Gasteiger partial charge is 0.220 e. The van der Waals surface area contributed by atoms with E-state index in [1.54, 1.807) is 0 Å². The quantitative estimate of drug-likeness (QED) is 0.674. The van der Waals surface area contributed by atoms with Crippen LogP contribution in [0.15, 0.2) is 0 Å². The van der Waals surface area contributed by atoms with E-state index >= 15 is 0 Å². The molecule has 3 N–H and O–H groups in total. The van der Waals surface area contributed by atoms with Crippen LogP contribution in [0.25, 0.3) is 0 Å². The van der Waals surface area contributed by atoms with Crippen LogP contribution in [-0.2, 0) is 4.79 Å². The minimum absolute atomic E-state index is 0.130. The summed E-state index contributed by atoms with van der Waals surface area (Å²) in [6.07, 6.45) is 4.72. The molecule has 1 aliphatic rings. The van der Waals surface area contributed by atoms with E-state index in [1.165, 1.54) is 0 Å². The maximum absolute atomic E-state index is 11.3. The van der Waals surface area contributed by atoms with Crippen LogP contribution >= 0.6 is 0 Å². The van der Waals surface area contributed by atoms with Gasteiger partial charge in [0.2, 0.25) is 5.91 Å². The molecule has 0 spiro atoms. The fraction of sp³-hybridized carbons (Fsp3) is 0.900. The molecule has 1 rings (SSSR count). The Hall–Kier alpha value is -0.570. The van der Waals surface area contributed by atoms with Gasteiger partial charge in [0.15, 0.2) is 0 Å². The van der Waals surface area contributed by atoms with Crippen LogP contribution in [0.3, 0.4) is 0 Å². The Bertz CT molecular complexity index is 185. The average molecular weight is 184 g/mol. The summed E-state index contributed by atoms with van der Waals surface area (Å²) < 4.78 is 0. The molecule has 0 saturated heterocycles. The minimum atomic E-state index is 0.130. The van der Waals surface area contributed by atoms with E-state index in [0.29, 0.717) is 6.42 Å². The second-order valence-electron chi connectivity index (χ2n) is 4.48. The van der Waals surface area contributed by atoms with Gasteiger partial charge in [-0.2, -0.15) is 0 Å². The van der Waals surface area contributed by atoms with Crippen molar-refractivity contribution in [3.05, 3.63) is 0 Å². The van der Waals surface area contributed by atoms with Gasteiger partial charge in [-0.25, -0.2) is 0 Å². The predicted octanol–water partition coefficient (Wildman–Crippen LogP) is 1.17. The van der Waals surface area contributed by atoms with Gasteiger partial charge in [-0.3, -0.25) is 4.79 Å². The molecular formula is C10H20N2O. The maximum Gasteiger partial charge on any atom is 0.220 e. The first-order chi connectivity index (χ1) is 6.02. The highest BCUT2D eigenvalue weighted by Crippen LogP contribution is 2.34. The van der Waals surface area contributed by atoms with E-state index in [1.807, 2.05) is 6.92 Å². The SMILES string of the molecule is CC(N)CCCC(=O)NC1(C)CC1. The van der Waals surface area contributed by atoms with Crippen molar-refractivity contribution in [2.24, 2.45) is 5.73 Å². The third kappa shape index (κ3) is 4.27. The van der Waals surface area contributed by atoms with Crippen LogP contribution in [0.2, 0.25) is 0 Å². The lowest BCUT2D eigenvalue weighted by atomic mass is 10.1. The molecule has 0 heterocycles. The van der Waals surface area contributed by atoms with E-state index in [-0.39, 0.29) is 17.5 Å². The predicted molar refractivity (Wildman–Crippen MR) is 53.3 cm³/mol. The summed E-state index contributed by atoms with van der Waals surface area (Å²) in [4.78, 5) is 11.3. The fourth-order valence-electron chi connectivity index (χ4n) is 1.30. The van der Waals surface area contributed by atoms with Crippen LogP contribution in [-0.4, -0.2) is 17.5 Å². The van der Waals surface area contributed by atoms with Gasteiger partial charge in [0.1, 0.15) is 0 Å². The summed E-state index contributed by atoms with van der Waals surface area (Å²) in [7, 11) is 0. The highest BCUT2D eigenvalue weighted by Gasteiger charge is 2.38. The summed E-state index contributed by atoms with van der Waals surface area (Å²) >= 11 is 0. The molecule has 0 aromatic heterocycles. The molecular weight excluding hydrogens is 164 g/mol. The molecule has 1 fully saturated rings. The third-order valence-corrected chi connectivity index (χ3v) is 2.50. The summed E-state index contributed by atoms with van der Waals surface area (Å²) in [6.45, 7) is 4.07. The lowest BCUT2D eigenvalue weighted by molar-refractivity contribution is -0.122. The molecule has 3 heteroatoms. The Morgan fingerprint density at radius 1 is 1.62 bits per heavy atom. The van der Waals surface area contributed by atoms with Crippen LogP contribution in [0.1, 0.15) is 46.0 Å². The first-order valence-electron chi connectivity index (χ1n) is 5.08. The lowest BCUT2D eigenvalue weighted by Crippen LogP contribution is -2.34. The van der Waals surface area contributed by atoms with Crippen LogP contribution < -0.4 is 11.1 Å². The number of hydrogen-bond acceptors (Lipinski definition) is 2. The monoisotopic (exact) mass is 184 g/mol. The van der Waals surface area contributed by atoms with Crippen molar-refractivity contribution in [1.82, 2.24) is 5.32 Å². The van der Waals surface area contributed by atoms with Gasteiger partial charge in [0.05, 0.1) is 0 Å². The molecule has 76 valence electrons. The van der Waals surface area contributed by atoms with Crippen molar-refractivity contribution in [1.29, 1.82) is 0 Å². The number of carbonyl (C=O) groups excluding carboxylic acids is 1. The van der Waals surface area contributed by atoms with Crippen molar-refractivity contribution in [3.8, 4) is 0 Å². The van der Waals surface area contributed by atoms with Gasteiger partial charge >= 0.3 is 0 Å². The number of nitrogens with two attached hydrogens (primary N) is 1. The average Bonchev–Trinajstić information content (AvgIpc) is 2.66. The summed E-state index contributed by atoms with van der Waals surface area (Å²) in [5, 5.41) is 3.02. The summed E-state index contributed by atoms with van der Waals surface area (Å²) in [5.74, 6) is 0.181. The zero-order valence-electron chi connectivity index (χ0n) is 8.60. The van der Waals surface area contributed by atoms with Gasteiger partial charge < -0.3 is 11.1 Å². The lowest BCUT2D eigenvalue weighted by Gasteiger charge is -2.11. The second-order valence-corrected chi connectivity index (χ2v) is 4.48. The standard InChI is InChI=1S/C10H20N2O/c1-8(11)4-3-5-9(13)12-10(2)6-7-10/h8H,3-7,11H2,1-2H3,(H,12,13). The largest absolute Gasteiger partial charge is 0.351 e. The van der Waals surface area contributed by atoms with E-state index in [4.69, 9.17) is 5.73 Å². The molecule has 3 nitrogen and oxygen atoms in total. The zero-order valence-corrected chi connectivity index (χ0v) is 8.60. The molecule has 1 amide bonds. The van der Waals surface area contributed by atoms with Crippen molar-refractivity contribution in [2.45, 2.75) is 57.5 Å². The van der Waals surface area contributed by atoms with Gasteiger partial charge in [-0.1, -0.05) is 0 Å². The molecule has 1 atom stereocenters. The second kappa shape index (κ2) is 4.09. The minimum Gasteiger partial charge on any atom is -0.351 e. The molecule has 0 radical (unpaired) electrons. The van der Waals surface area contributed by atoms with Crippen LogP contribution in [0.5, 0.6) is 0 Å². The topological polar surface area (TPSA) is 55.1 Å². The summed E-state index contributed by atoms with van der Waals surface area (Å²) in [5.41, 5.74) is 5.72. The van der Waals surface area contributed by atoms with Crippen molar-refractivity contribution in [2.75, 3.05) is 0 Å². The van der Waals surface area contributed by atoms with Gasteiger partial charge in [-0.15, -0.1) is 0 Å². The van der Waals surface area contributed by atoms with Gasteiger partial charge in [0.25, 0.3) is 0 Å². The molecule has 13 heavy (non-hydrogen) atoms. The fourth-order valence-corrected chi connectivity index (χ4v) is 1.30. The normalized spacial score (nSPS) is 20.8. The Morgan fingerprint density at radius 2 is 2.23 bits per heavy atom. The number of carbonyl (C=O) groups is 1. The molecule has 0 aromatic carbocycles. The van der Waals surface area contributed by atoms with E-state index in [2.05, 4.69) is 12.2 Å². The molecule has 1 aliphatic carbocycles. The highest BCUT2D eigenvalue weighted by atomic mass is 16.1. The van der Waals surface area contributed by atoms with Crippen molar-refractivity contribution in [3.63, 3.8) is 0 Å². The Balaban J connectivity index is 2.04. The van der Waals surface area contributed by atoms with Crippen molar-refractivity contribution < 1.29 is 4.79 Å². The molecule has 0 bridgehead atoms. The highest BCUT2D eigenvalue weighted by molar-refractivity contribution is 5.77. The van der Waals surface area contributed by atoms with E-state index in [9.17, 15) is 4.79 Å². The first kappa shape index (κ1) is 10.5. The number of amides is 1. The van der Waals surface area contributed by atoms with Crippen LogP contribution in [0.4, 0.5) is 0 Å². The molecule has 0 aliphatic heterocycles. The molecule has 0 aromatic rings. The van der Waals surface area contributed by atoms with E-state index in [0.717, 1.165) is 25.7 Å². The third-order valence-electron chi connectivity index (χ3n) is 2.50. The first-order valence-corrected chi connectivity index (χ1v) is 5.08. The van der Waals surface area contributed by atoms with E-state index < -0.39 is 0 Å². The number of nitrogens with one attached hydrogen (secondary N) is 1. The molecule has 1 unspecified atom stereocenters. The maximum atomic E-state index is 11.3. The van der Waals surface area contributed by atoms with Crippen LogP contribution in [0, 0.1) is 0 Å².